The maximum absolute atomic E-state index is 12.1. The molecular formula is C19H24N4O4S2. The zero-order valence-electron chi connectivity index (χ0n) is 16.6. The molecule has 0 radical (unpaired) electrons. The van der Waals surface area contributed by atoms with Crippen molar-refractivity contribution in [3.63, 3.8) is 0 Å². The molecule has 0 saturated heterocycles. The largest absolute Gasteiger partial charge is 0.462 e. The Morgan fingerprint density at radius 1 is 1.07 bits per heavy atom. The molecule has 0 aliphatic rings. The van der Waals surface area contributed by atoms with E-state index in [1.54, 1.807) is 31.2 Å². The molecule has 0 atom stereocenters. The van der Waals surface area contributed by atoms with Gasteiger partial charge in [-0.05, 0) is 44.0 Å². The van der Waals surface area contributed by atoms with E-state index < -0.39 is 5.97 Å². The van der Waals surface area contributed by atoms with Crippen molar-refractivity contribution in [1.29, 1.82) is 0 Å². The predicted molar refractivity (Wildman–Crippen MR) is 114 cm³/mol. The second kappa shape index (κ2) is 11.5. The Kier molecular flexibility index (Phi) is 9.07. The van der Waals surface area contributed by atoms with Crippen LogP contribution >= 0.6 is 23.1 Å². The van der Waals surface area contributed by atoms with Gasteiger partial charge in [0.05, 0.1) is 17.9 Å². The van der Waals surface area contributed by atoms with Gasteiger partial charge in [-0.15, -0.1) is 10.2 Å². The third kappa shape index (κ3) is 7.13. The number of aromatic nitrogens is 2. The van der Waals surface area contributed by atoms with Gasteiger partial charge in [0, 0.05) is 11.6 Å². The quantitative estimate of drug-likeness (QED) is 0.331. The van der Waals surface area contributed by atoms with Crippen molar-refractivity contribution in [2.24, 2.45) is 5.92 Å². The van der Waals surface area contributed by atoms with E-state index in [0.29, 0.717) is 27.3 Å². The zero-order valence-corrected chi connectivity index (χ0v) is 18.2. The van der Waals surface area contributed by atoms with Crippen LogP contribution in [0.4, 0.5) is 10.8 Å². The molecule has 0 saturated carbocycles. The topological polar surface area (TPSA) is 110 Å². The first kappa shape index (κ1) is 22.8. The molecule has 29 heavy (non-hydrogen) atoms. The minimum absolute atomic E-state index is 0.0454. The molecule has 2 N–H and O–H groups in total. The van der Waals surface area contributed by atoms with E-state index >= 15 is 0 Å². The summed E-state index contributed by atoms with van der Waals surface area (Å²) in [6.07, 6.45) is 1.54. The SMILES string of the molecule is CCOC(=O)c1ccc(NC(=O)CSc2nnc(NC(=O)C(CC)CC)s2)cc1. The molecule has 8 nitrogen and oxygen atoms in total. The van der Waals surface area contributed by atoms with Crippen LogP contribution in [0.2, 0.25) is 0 Å². The summed E-state index contributed by atoms with van der Waals surface area (Å²) in [4.78, 5) is 35.8. The Hall–Kier alpha value is -2.46. The number of hydrogen-bond acceptors (Lipinski definition) is 8. The Morgan fingerprint density at radius 3 is 2.38 bits per heavy atom. The molecule has 0 aliphatic carbocycles. The summed E-state index contributed by atoms with van der Waals surface area (Å²) >= 11 is 2.47. The average Bonchev–Trinajstić information content (AvgIpc) is 3.15. The van der Waals surface area contributed by atoms with Crippen molar-refractivity contribution in [3.8, 4) is 0 Å². The lowest BCUT2D eigenvalue weighted by Gasteiger charge is -2.09. The normalized spacial score (nSPS) is 10.6. The molecule has 2 amide bonds. The average molecular weight is 437 g/mol. The number of ether oxygens (including phenoxy) is 1. The first-order valence-electron chi connectivity index (χ1n) is 9.30. The second-order valence-electron chi connectivity index (χ2n) is 6.01. The molecule has 1 aromatic heterocycles. The number of amides is 2. The number of hydrogen-bond donors (Lipinski definition) is 2. The van der Waals surface area contributed by atoms with Crippen LogP contribution in [0.1, 0.15) is 44.0 Å². The standard InChI is InChI=1S/C19H24N4O4S2/c1-4-12(5-2)16(25)21-18-22-23-19(29-18)28-11-15(24)20-14-9-7-13(8-10-14)17(26)27-6-3/h7-10,12H,4-6,11H2,1-3H3,(H,20,24)(H,21,22,25). The van der Waals surface area contributed by atoms with Crippen LogP contribution in [0.15, 0.2) is 28.6 Å². The summed E-state index contributed by atoms with van der Waals surface area (Å²) in [5, 5.41) is 13.9. The van der Waals surface area contributed by atoms with Crippen molar-refractivity contribution in [1.82, 2.24) is 10.2 Å². The maximum Gasteiger partial charge on any atom is 0.338 e. The highest BCUT2D eigenvalue weighted by Gasteiger charge is 2.16. The van der Waals surface area contributed by atoms with Crippen molar-refractivity contribution >= 4 is 51.7 Å². The Bertz CT molecular complexity index is 835. The third-order valence-electron chi connectivity index (χ3n) is 4.00. The molecule has 0 aliphatic heterocycles. The summed E-state index contributed by atoms with van der Waals surface area (Å²) < 4.78 is 5.52. The molecule has 0 spiro atoms. The smallest absolute Gasteiger partial charge is 0.338 e. The number of carbonyl (C=O) groups excluding carboxylic acids is 3. The van der Waals surface area contributed by atoms with Gasteiger partial charge in [0.25, 0.3) is 0 Å². The number of nitrogens with zero attached hydrogens (tertiary/aromatic N) is 2. The predicted octanol–water partition coefficient (Wildman–Crippen LogP) is 3.82. The third-order valence-corrected chi connectivity index (χ3v) is 5.97. The lowest BCUT2D eigenvalue weighted by atomic mass is 10.0. The van der Waals surface area contributed by atoms with Crippen LogP contribution < -0.4 is 10.6 Å². The number of anilines is 2. The van der Waals surface area contributed by atoms with Crippen molar-refractivity contribution in [2.75, 3.05) is 23.0 Å². The van der Waals surface area contributed by atoms with Gasteiger partial charge in [0.1, 0.15) is 0 Å². The summed E-state index contributed by atoms with van der Waals surface area (Å²) in [5.41, 5.74) is 1.01. The van der Waals surface area contributed by atoms with Gasteiger partial charge in [0.15, 0.2) is 4.34 Å². The highest BCUT2D eigenvalue weighted by atomic mass is 32.2. The minimum atomic E-state index is -0.399. The number of benzene rings is 1. The van der Waals surface area contributed by atoms with Crippen LogP contribution in [0, 0.1) is 5.92 Å². The fourth-order valence-electron chi connectivity index (χ4n) is 2.41. The van der Waals surface area contributed by atoms with Gasteiger partial charge in [-0.1, -0.05) is 36.9 Å². The van der Waals surface area contributed by atoms with Crippen LogP contribution in [-0.2, 0) is 14.3 Å². The molecule has 10 heteroatoms. The fourth-order valence-corrected chi connectivity index (χ4v) is 3.97. The van der Waals surface area contributed by atoms with Gasteiger partial charge < -0.3 is 15.4 Å². The molecule has 0 unspecified atom stereocenters. The molecule has 1 heterocycles. The van der Waals surface area contributed by atoms with E-state index in [1.807, 2.05) is 13.8 Å². The fraction of sp³-hybridized carbons (Fsp3) is 0.421. The lowest BCUT2D eigenvalue weighted by Crippen LogP contribution is -2.21. The summed E-state index contributed by atoms with van der Waals surface area (Å²) in [7, 11) is 0. The van der Waals surface area contributed by atoms with Gasteiger partial charge in [-0.2, -0.15) is 0 Å². The molecule has 2 aromatic rings. The lowest BCUT2D eigenvalue weighted by molar-refractivity contribution is -0.120. The van der Waals surface area contributed by atoms with Crippen LogP contribution in [0.25, 0.3) is 0 Å². The highest BCUT2D eigenvalue weighted by Crippen LogP contribution is 2.26. The molecule has 0 bridgehead atoms. The first-order valence-corrected chi connectivity index (χ1v) is 11.1. The van der Waals surface area contributed by atoms with E-state index in [9.17, 15) is 14.4 Å². The first-order chi connectivity index (χ1) is 14.0. The Labute approximate surface area is 177 Å². The van der Waals surface area contributed by atoms with E-state index in [-0.39, 0.29) is 23.5 Å². The minimum Gasteiger partial charge on any atom is -0.462 e. The Balaban J connectivity index is 1.81. The highest BCUT2D eigenvalue weighted by molar-refractivity contribution is 8.01. The summed E-state index contributed by atoms with van der Waals surface area (Å²) in [6.45, 7) is 5.99. The Morgan fingerprint density at radius 2 is 1.76 bits per heavy atom. The number of esters is 1. The van der Waals surface area contributed by atoms with E-state index in [2.05, 4.69) is 20.8 Å². The number of nitrogens with one attached hydrogen (secondary N) is 2. The van der Waals surface area contributed by atoms with Gasteiger partial charge in [-0.3, -0.25) is 9.59 Å². The maximum atomic E-state index is 12.1. The van der Waals surface area contributed by atoms with Gasteiger partial charge >= 0.3 is 5.97 Å². The van der Waals surface area contributed by atoms with Crippen LogP contribution in [0.3, 0.4) is 0 Å². The number of thioether (sulfide) groups is 1. The monoisotopic (exact) mass is 436 g/mol. The van der Waals surface area contributed by atoms with E-state index in [1.165, 1.54) is 23.1 Å². The summed E-state index contributed by atoms with van der Waals surface area (Å²) in [5.74, 6) is -0.571. The summed E-state index contributed by atoms with van der Waals surface area (Å²) in [6, 6.07) is 6.48. The molecule has 1 aromatic carbocycles. The van der Waals surface area contributed by atoms with Crippen molar-refractivity contribution in [3.05, 3.63) is 29.8 Å². The van der Waals surface area contributed by atoms with Gasteiger partial charge in [0.2, 0.25) is 16.9 Å². The molecule has 2 rings (SSSR count). The van der Waals surface area contributed by atoms with E-state index in [4.69, 9.17) is 4.74 Å². The van der Waals surface area contributed by atoms with Crippen LogP contribution in [0.5, 0.6) is 0 Å². The van der Waals surface area contributed by atoms with Crippen molar-refractivity contribution < 1.29 is 19.1 Å². The number of rotatable bonds is 10. The van der Waals surface area contributed by atoms with E-state index in [0.717, 1.165) is 12.8 Å². The van der Waals surface area contributed by atoms with Crippen LogP contribution in [-0.4, -0.2) is 40.3 Å². The van der Waals surface area contributed by atoms with Crippen molar-refractivity contribution in [2.45, 2.75) is 38.0 Å². The number of carbonyl (C=O) groups is 3. The second-order valence-corrected chi connectivity index (χ2v) is 8.21. The van der Waals surface area contributed by atoms with Gasteiger partial charge in [-0.25, -0.2) is 4.79 Å². The molecular weight excluding hydrogens is 412 g/mol. The zero-order chi connectivity index (χ0) is 21.2. The molecule has 0 fully saturated rings. The molecule has 156 valence electrons.